The first-order valence-corrected chi connectivity index (χ1v) is 6.63. The van der Waals surface area contributed by atoms with Gasteiger partial charge in [-0.2, -0.15) is 0 Å². The third kappa shape index (κ3) is 4.12. The number of thiophene rings is 1. The third-order valence-corrected chi connectivity index (χ3v) is 3.66. The van der Waals surface area contributed by atoms with E-state index < -0.39 is 29.5 Å². The Morgan fingerprint density at radius 1 is 1.59 bits per heavy atom. The van der Waals surface area contributed by atoms with Gasteiger partial charge in [0.1, 0.15) is 6.10 Å². The predicted molar refractivity (Wildman–Crippen MR) is 68.5 cm³/mol. The molecule has 0 aliphatic heterocycles. The summed E-state index contributed by atoms with van der Waals surface area (Å²) in [4.78, 5) is 10.7. The smallest absolute Gasteiger partial charge is 0.253 e. The van der Waals surface area contributed by atoms with Gasteiger partial charge >= 0.3 is 0 Å². The largest absolute Gasteiger partial charge is 0.394 e. The number of aryl methyl sites for hydroxylation is 1. The van der Waals surface area contributed by atoms with E-state index in [4.69, 9.17) is 28.3 Å². The number of carbonyl (C=O) groups excluding carboxylic acids is 1. The van der Waals surface area contributed by atoms with Gasteiger partial charge in [-0.3, -0.25) is 4.79 Å². The Labute approximate surface area is 113 Å². The van der Waals surface area contributed by atoms with Gasteiger partial charge in [-0.05, 0) is 23.9 Å². The van der Waals surface area contributed by atoms with Crippen LogP contribution in [-0.2, 0) is 4.79 Å². The summed E-state index contributed by atoms with van der Waals surface area (Å²) in [6.07, 6.45) is -0.977. The second-order valence-electron chi connectivity index (χ2n) is 3.57. The monoisotopic (exact) mass is 297 g/mol. The zero-order chi connectivity index (χ0) is 13.0. The molecule has 1 aromatic heterocycles. The Hall–Kier alpha value is -0.330. The van der Waals surface area contributed by atoms with Crippen LogP contribution in [0.4, 0.5) is 0 Å². The fraction of sp³-hybridized carbons (Fsp3) is 0.500. The molecule has 7 heteroatoms. The average molecular weight is 298 g/mol. The van der Waals surface area contributed by atoms with Crippen LogP contribution in [0.1, 0.15) is 16.5 Å². The van der Waals surface area contributed by atoms with Gasteiger partial charge in [-0.1, -0.05) is 23.2 Å². The van der Waals surface area contributed by atoms with E-state index in [1.54, 1.807) is 6.07 Å². The molecule has 4 nitrogen and oxygen atoms in total. The first kappa shape index (κ1) is 14.7. The van der Waals surface area contributed by atoms with Crippen molar-refractivity contribution in [3.63, 3.8) is 0 Å². The molecule has 1 amide bonds. The minimum atomic E-state index is -1.22. The topological polar surface area (TPSA) is 69.6 Å². The van der Waals surface area contributed by atoms with Crippen LogP contribution in [0.25, 0.3) is 0 Å². The zero-order valence-corrected chi connectivity index (χ0v) is 11.4. The van der Waals surface area contributed by atoms with Gasteiger partial charge in [-0.25, -0.2) is 0 Å². The zero-order valence-electron chi connectivity index (χ0n) is 9.06. The van der Waals surface area contributed by atoms with E-state index in [0.717, 1.165) is 5.56 Å². The summed E-state index contributed by atoms with van der Waals surface area (Å²) in [7, 11) is 0. The van der Waals surface area contributed by atoms with Crippen molar-refractivity contribution in [2.75, 3.05) is 6.61 Å². The van der Waals surface area contributed by atoms with Gasteiger partial charge < -0.3 is 15.5 Å². The van der Waals surface area contributed by atoms with Crippen LogP contribution in [0, 0.1) is 6.92 Å². The van der Waals surface area contributed by atoms with Gasteiger partial charge in [0, 0.05) is 4.88 Å². The van der Waals surface area contributed by atoms with E-state index in [1.165, 1.54) is 11.3 Å². The normalized spacial score (nSPS) is 14.7. The highest BCUT2D eigenvalue weighted by Gasteiger charge is 2.25. The fourth-order valence-corrected chi connectivity index (χ4v) is 2.35. The van der Waals surface area contributed by atoms with E-state index in [9.17, 15) is 9.90 Å². The highest BCUT2D eigenvalue weighted by molar-refractivity contribution is 7.10. The molecule has 2 atom stereocenters. The first-order chi connectivity index (χ1) is 7.95. The summed E-state index contributed by atoms with van der Waals surface area (Å²) in [5.41, 5.74) is 1.01. The summed E-state index contributed by atoms with van der Waals surface area (Å²) in [6.45, 7) is 1.50. The molecule has 1 aromatic rings. The summed E-state index contributed by atoms with van der Waals surface area (Å²) in [5, 5.41) is 23.4. The number of hydrogen-bond acceptors (Lipinski definition) is 4. The Bertz CT molecular complexity index is 383. The molecule has 0 spiro atoms. The molecule has 1 heterocycles. The van der Waals surface area contributed by atoms with Crippen LogP contribution in [0.3, 0.4) is 0 Å². The summed E-state index contributed by atoms with van der Waals surface area (Å²) in [6, 6.07) is 0.976. The van der Waals surface area contributed by atoms with E-state index in [1.807, 2.05) is 12.3 Å². The van der Waals surface area contributed by atoms with Crippen molar-refractivity contribution in [2.45, 2.75) is 23.9 Å². The Kier molecular flexibility index (Phi) is 5.69. The Morgan fingerprint density at radius 3 is 2.65 bits per heavy atom. The van der Waals surface area contributed by atoms with Gasteiger partial charge in [0.05, 0.1) is 12.6 Å². The quantitative estimate of drug-likeness (QED) is 0.719. The predicted octanol–water partition coefficient (Wildman–Crippen LogP) is 1.37. The molecule has 0 saturated carbocycles. The maximum absolute atomic E-state index is 11.3. The molecule has 0 fully saturated rings. The highest BCUT2D eigenvalue weighted by atomic mass is 35.5. The SMILES string of the molecule is Cc1csc(C(O)C(CO)NC(=O)C(Cl)Cl)c1. The molecule has 96 valence electrons. The Morgan fingerprint density at radius 2 is 2.24 bits per heavy atom. The van der Waals surface area contributed by atoms with Crippen LogP contribution in [0.2, 0.25) is 0 Å². The first-order valence-electron chi connectivity index (χ1n) is 4.88. The number of hydrogen-bond donors (Lipinski definition) is 3. The number of amides is 1. The summed E-state index contributed by atoms with van der Waals surface area (Å²) < 4.78 is 0. The molecule has 3 N–H and O–H groups in total. The van der Waals surface area contributed by atoms with Crippen molar-refractivity contribution in [1.29, 1.82) is 0 Å². The lowest BCUT2D eigenvalue weighted by Gasteiger charge is -2.21. The standard InChI is InChI=1S/C10H13Cl2NO3S/c1-5-2-7(17-4-5)8(15)6(3-14)13-10(16)9(11)12/h2,4,6,8-9,14-15H,3H2,1H3,(H,13,16). The van der Waals surface area contributed by atoms with E-state index in [0.29, 0.717) is 4.88 Å². The van der Waals surface area contributed by atoms with Crippen molar-refractivity contribution in [1.82, 2.24) is 5.32 Å². The molecular formula is C10H13Cl2NO3S. The molecule has 0 aliphatic rings. The van der Waals surface area contributed by atoms with E-state index in [2.05, 4.69) is 5.32 Å². The molecule has 2 unspecified atom stereocenters. The molecular weight excluding hydrogens is 285 g/mol. The minimum absolute atomic E-state index is 0.398. The van der Waals surface area contributed by atoms with Crippen molar-refractivity contribution in [3.05, 3.63) is 21.9 Å². The molecule has 0 aliphatic carbocycles. The minimum Gasteiger partial charge on any atom is -0.394 e. The fourth-order valence-electron chi connectivity index (χ4n) is 1.28. The maximum atomic E-state index is 11.3. The summed E-state index contributed by atoms with van der Waals surface area (Å²) >= 11 is 12.1. The molecule has 1 rings (SSSR count). The third-order valence-electron chi connectivity index (χ3n) is 2.15. The molecule has 0 saturated heterocycles. The van der Waals surface area contributed by atoms with Crippen LogP contribution < -0.4 is 5.32 Å². The van der Waals surface area contributed by atoms with Crippen molar-refractivity contribution >= 4 is 40.4 Å². The van der Waals surface area contributed by atoms with E-state index >= 15 is 0 Å². The number of aliphatic hydroxyl groups is 2. The highest BCUT2D eigenvalue weighted by Crippen LogP contribution is 2.24. The van der Waals surface area contributed by atoms with E-state index in [-0.39, 0.29) is 0 Å². The second-order valence-corrected chi connectivity index (χ2v) is 5.61. The summed E-state index contributed by atoms with van der Waals surface area (Å²) in [5.74, 6) is -0.639. The molecule has 0 radical (unpaired) electrons. The lowest BCUT2D eigenvalue weighted by Crippen LogP contribution is -2.43. The Balaban J connectivity index is 2.70. The number of aliphatic hydroxyl groups excluding tert-OH is 2. The van der Waals surface area contributed by atoms with Crippen molar-refractivity contribution < 1.29 is 15.0 Å². The molecule has 0 aromatic carbocycles. The lowest BCUT2D eigenvalue weighted by atomic mass is 10.1. The average Bonchev–Trinajstić information content (AvgIpc) is 2.71. The number of nitrogens with one attached hydrogen (secondary N) is 1. The number of halogens is 2. The van der Waals surface area contributed by atoms with Gasteiger partial charge in [0.25, 0.3) is 5.91 Å². The van der Waals surface area contributed by atoms with Crippen LogP contribution in [0.5, 0.6) is 0 Å². The number of carbonyl (C=O) groups is 1. The van der Waals surface area contributed by atoms with Gasteiger partial charge in [-0.15, -0.1) is 11.3 Å². The molecule has 17 heavy (non-hydrogen) atoms. The maximum Gasteiger partial charge on any atom is 0.253 e. The van der Waals surface area contributed by atoms with Gasteiger partial charge in [0.15, 0.2) is 4.84 Å². The lowest BCUT2D eigenvalue weighted by molar-refractivity contribution is -0.121. The van der Waals surface area contributed by atoms with Crippen LogP contribution >= 0.6 is 34.5 Å². The molecule has 0 bridgehead atoms. The van der Waals surface area contributed by atoms with Crippen molar-refractivity contribution in [3.8, 4) is 0 Å². The van der Waals surface area contributed by atoms with Gasteiger partial charge in [0.2, 0.25) is 0 Å². The number of rotatable bonds is 5. The van der Waals surface area contributed by atoms with Crippen LogP contribution in [0.15, 0.2) is 11.4 Å². The second kappa shape index (κ2) is 6.56. The van der Waals surface area contributed by atoms with Crippen LogP contribution in [-0.4, -0.2) is 33.6 Å². The number of alkyl halides is 2. The van der Waals surface area contributed by atoms with Crippen molar-refractivity contribution in [2.24, 2.45) is 0 Å².